The summed E-state index contributed by atoms with van der Waals surface area (Å²) in [5.74, 6) is -2.84. The number of piperidine rings is 1. The first-order valence-corrected chi connectivity index (χ1v) is 25.0. The highest BCUT2D eigenvalue weighted by molar-refractivity contribution is 7.87. The van der Waals surface area contributed by atoms with Gasteiger partial charge in [-0.25, -0.2) is 9.11 Å². The third-order valence-electron chi connectivity index (χ3n) is 17.5. The van der Waals surface area contributed by atoms with E-state index < -0.39 is 57.0 Å². The van der Waals surface area contributed by atoms with E-state index in [-0.39, 0.29) is 96.4 Å². The number of hydrogen-bond donors (Lipinski definition) is 2. The Balaban J connectivity index is 1.15. The first-order valence-electron chi connectivity index (χ1n) is 23.6. The van der Waals surface area contributed by atoms with Crippen molar-refractivity contribution in [3.05, 3.63) is 12.7 Å². The minimum atomic E-state index is -4.33. The topological polar surface area (TPSA) is 153 Å². The number of nitrogens with one attached hydrogen (secondary N) is 2. The van der Waals surface area contributed by atoms with Crippen LogP contribution in [0.15, 0.2) is 12.7 Å². The lowest BCUT2D eigenvalue weighted by Crippen LogP contribution is -2.57. The number of Topliss-reactive ketones (excluding diaryl/α,β-unsaturated/α-hetero) is 2. The van der Waals surface area contributed by atoms with Gasteiger partial charge in [-0.05, 0) is 106 Å². The Hall–Kier alpha value is -2.71. The Kier molecular flexibility index (Phi) is 12.7. The summed E-state index contributed by atoms with van der Waals surface area (Å²) in [5.41, 5.74) is -2.46. The van der Waals surface area contributed by atoms with Crippen molar-refractivity contribution in [1.82, 2.24) is 24.1 Å². The van der Waals surface area contributed by atoms with Crippen molar-refractivity contribution in [3.63, 3.8) is 0 Å². The number of carbonyl (C=O) groups is 5. The van der Waals surface area contributed by atoms with Crippen LogP contribution in [0.3, 0.4) is 0 Å². The van der Waals surface area contributed by atoms with Crippen LogP contribution in [0.2, 0.25) is 0 Å². The third-order valence-corrected chi connectivity index (χ3v) is 19.0. The number of carbonyl (C=O) groups excluding carboxylic acids is 5. The summed E-state index contributed by atoms with van der Waals surface area (Å²) in [4.78, 5) is 77.2. The van der Waals surface area contributed by atoms with E-state index in [1.807, 2.05) is 20.8 Å². The lowest BCUT2D eigenvalue weighted by atomic mass is 9.73. The van der Waals surface area contributed by atoms with Crippen molar-refractivity contribution in [2.24, 2.45) is 44.8 Å². The SMILES string of the molecule is C=C[C@@H]1C[C@]1(CC(=O)[C@@H]1C[C@@]2(CN1C(=O)[C@@H](CC(=O)[C@@H](NC(=O)[C@@H]1CCCCN1C(C)C)C1CCCCC1)C(C)(C)C)C(C)(C)C21CCC1)C(=O)NS(=O)(=O)N1CC[C@@H](F)C1. The summed E-state index contributed by atoms with van der Waals surface area (Å²) in [5, 5.41) is 3.26. The first-order chi connectivity index (χ1) is 28.6. The monoisotopic (exact) mass is 872 g/mol. The molecule has 7 rings (SSSR count). The molecule has 7 fully saturated rings. The lowest BCUT2D eigenvalue weighted by Gasteiger charge is -2.40. The fourth-order valence-electron chi connectivity index (χ4n) is 13.2. The fourth-order valence-corrected chi connectivity index (χ4v) is 14.5. The first kappa shape index (κ1) is 46.3. The highest BCUT2D eigenvalue weighted by Crippen LogP contribution is 2.88. The molecular formula is C47H74FN5O7S. The van der Waals surface area contributed by atoms with Crippen LogP contribution >= 0.6 is 0 Å². The fraction of sp³-hybridized carbons (Fsp3) is 0.851. The molecule has 14 heteroatoms. The van der Waals surface area contributed by atoms with Crippen LogP contribution < -0.4 is 10.0 Å². The van der Waals surface area contributed by atoms with Crippen molar-refractivity contribution < 1.29 is 36.8 Å². The number of allylic oxidation sites excluding steroid dienone is 1. The second-order valence-electron chi connectivity index (χ2n) is 22.2. The molecule has 3 aliphatic heterocycles. The summed E-state index contributed by atoms with van der Waals surface area (Å²) in [6.07, 6.45) is 11.2. The molecule has 4 aliphatic carbocycles. The molecule has 3 heterocycles. The number of hydrogen-bond acceptors (Lipinski definition) is 8. The molecular weight excluding hydrogens is 798 g/mol. The smallest absolute Gasteiger partial charge is 0.303 e. The van der Waals surface area contributed by atoms with E-state index in [2.05, 4.69) is 49.2 Å². The van der Waals surface area contributed by atoms with Gasteiger partial charge < -0.3 is 10.2 Å². The molecule has 0 unspecified atom stereocenters. The number of likely N-dealkylation sites (tertiary alicyclic amines) is 2. The quantitative estimate of drug-likeness (QED) is 0.182. The molecule has 0 aromatic rings. The Morgan fingerprint density at radius 3 is 2.10 bits per heavy atom. The van der Waals surface area contributed by atoms with E-state index in [1.54, 1.807) is 11.0 Å². The summed E-state index contributed by atoms with van der Waals surface area (Å²) >= 11 is 0. The van der Waals surface area contributed by atoms with Crippen LogP contribution in [0.5, 0.6) is 0 Å². The molecule has 4 saturated carbocycles. The summed E-state index contributed by atoms with van der Waals surface area (Å²) in [6.45, 7) is 19.3. The average Bonchev–Trinajstić information content (AvgIpc) is 3.73. The maximum absolute atomic E-state index is 15.4. The lowest BCUT2D eigenvalue weighted by molar-refractivity contribution is -0.147. The average molecular weight is 872 g/mol. The van der Waals surface area contributed by atoms with Crippen LogP contribution in [0.25, 0.3) is 0 Å². The van der Waals surface area contributed by atoms with Gasteiger partial charge in [0.25, 0.3) is 0 Å². The summed E-state index contributed by atoms with van der Waals surface area (Å²) in [6, 6.07) is -1.67. The molecule has 12 nitrogen and oxygen atoms in total. The van der Waals surface area contributed by atoms with Gasteiger partial charge in [0, 0.05) is 49.9 Å². The Bertz CT molecular complexity index is 1870. The predicted molar refractivity (Wildman–Crippen MR) is 232 cm³/mol. The van der Waals surface area contributed by atoms with E-state index in [9.17, 15) is 32.0 Å². The Labute approximate surface area is 364 Å². The van der Waals surface area contributed by atoms with Crippen LogP contribution in [0, 0.1) is 44.8 Å². The van der Waals surface area contributed by atoms with Gasteiger partial charge in [-0.1, -0.05) is 72.8 Å². The maximum Gasteiger partial charge on any atom is 0.303 e. The van der Waals surface area contributed by atoms with Gasteiger partial charge in [0.2, 0.25) is 17.7 Å². The molecule has 3 amide bonds. The molecule has 2 spiro atoms. The van der Waals surface area contributed by atoms with Crippen LogP contribution in [-0.4, -0.2) is 108 Å². The number of rotatable bonds is 15. The van der Waals surface area contributed by atoms with E-state index in [1.165, 1.54) is 0 Å². The zero-order chi connectivity index (χ0) is 44.5. The Morgan fingerprint density at radius 1 is 0.885 bits per heavy atom. The van der Waals surface area contributed by atoms with Crippen molar-refractivity contribution in [2.45, 2.75) is 182 Å². The molecule has 3 saturated heterocycles. The normalized spacial score (nSPS) is 33.6. The van der Waals surface area contributed by atoms with Gasteiger partial charge in [-0.3, -0.25) is 28.9 Å². The van der Waals surface area contributed by atoms with E-state index in [0.717, 1.165) is 81.5 Å². The highest BCUT2D eigenvalue weighted by atomic mass is 32.2. The zero-order valence-electron chi connectivity index (χ0n) is 38.0. The van der Waals surface area contributed by atoms with E-state index >= 15 is 4.79 Å². The molecule has 8 atom stereocenters. The number of halogens is 1. The van der Waals surface area contributed by atoms with Gasteiger partial charge in [-0.15, -0.1) is 6.58 Å². The van der Waals surface area contributed by atoms with Gasteiger partial charge in [0.05, 0.1) is 23.5 Å². The van der Waals surface area contributed by atoms with Gasteiger partial charge in [0.1, 0.15) is 6.17 Å². The molecule has 7 aliphatic rings. The minimum Gasteiger partial charge on any atom is -0.345 e. The number of nitrogens with zero attached hydrogens (tertiary/aromatic N) is 3. The molecule has 0 aromatic heterocycles. The van der Waals surface area contributed by atoms with Crippen molar-refractivity contribution >= 4 is 39.5 Å². The molecule has 2 N–H and O–H groups in total. The Morgan fingerprint density at radius 2 is 1.56 bits per heavy atom. The maximum atomic E-state index is 15.4. The van der Waals surface area contributed by atoms with Crippen molar-refractivity contribution in [3.8, 4) is 0 Å². The van der Waals surface area contributed by atoms with Gasteiger partial charge in [0.15, 0.2) is 11.6 Å². The zero-order valence-corrected chi connectivity index (χ0v) is 38.8. The van der Waals surface area contributed by atoms with Gasteiger partial charge >= 0.3 is 10.2 Å². The van der Waals surface area contributed by atoms with E-state index in [0.29, 0.717) is 13.0 Å². The molecule has 0 bridgehead atoms. The van der Waals surface area contributed by atoms with Crippen LogP contribution in [0.1, 0.15) is 151 Å². The summed E-state index contributed by atoms with van der Waals surface area (Å²) in [7, 11) is -4.33. The largest absolute Gasteiger partial charge is 0.345 e. The van der Waals surface area contributed by atoms with Crippen LogP contribution in [-0.2, 0) is 34.2 Å². The molecule has 61 heavy (non-hydrogen) atoms. The standard InChI is InChI=1S/C47H74FN5O7S/c1-9-32-25-45(32,42(58)50-61(59,60)51-23-19-33(48)28-51)27-38(55)36-26-47(44(7,8)46(47)20-15-21-46)29-53(36)41(57)34(43(4,5)6)24-37(54)39(31-16-11-10-12-17-31)49-40(56)35-18-13-14-22-52(35)30(2)3/h9,30-36,39H,1,10-29H2,2-8H3,(H,49,56)(H,50,58)/t32-,33-,34-,35+,36+,39+,45-,47-/m1/s1. The second kappa shape index (κ2) is 16.7. The molecule has 0 aromatic carbocycles. The predicted octanol–water partition coefficient (Wildman–Crippen LogP) is 6.29. The summed E-state index contributed by atoms with van der Waals surface area (Å²) < 4.78 is 43.5. The van der Waals surface area contributed by atoms with Gasteiger partial charge in [-0.2, -0.15) is 12.7 Å². The number of ketones is 2. The molecule has 0 radical (unpaired) electrons. The number of fused-ring (bicyclic) bond motifs is 1. The van der Waals surface area contributed by atoms with Crippen molar-refractivity contribution in [2.75, 3.05) is 26.2 Å². The number of alkyl halides is 1. The third kappa shape index (κ3) is 8.07. The number of amides is 3. The van der Waals surface area contributed by atoms with Crippen molar-refractivity contribution in [1.29, 1.82) is 0 Å². The van der Waals surface area contributed by atoms with Crippen LogP contribution in [0.4, 0.5) is 4.39 Å². The van der Waals surface area contributed by atoms with E-state index in [4.69, 9.17) is 0 Å². The highest BCUT2D eigenvalue weighted by Gasteiger charge is 2.85. The second-order valence-corrected chi connectivity index (χ2v) is 23.8. The molecule has 342 valence electrons. The minimum absolute atomic E-state index is 0.00363.